The van der Waals surface area contributed by atoms with Crippen molar-refractivity contribution in [1.29, 1.82) is 0 Å². The van der Waals surface area contributed by atoms with E-state index in [1.54, 1.807) is 54.5 Å². The molecule has 1 heterocycles. The SMILES string of the molecule is COCCOc1cccc(NC(=O)CNC(=O)C2c3ccccc3C(=O)N2C2CC2)c1. The minimum atomic E-state index is -0.693. The number of benzene rings is 2. The minimum absolute atomic E-state index is 0.0883. The molecule has 31 heavy (non-hydrogen) atoms. The molecule has 2 N–H and O–H groups in total. The molecule has 0 spiro atoms. The van der Waals surface area contributed by atoms with E-state index in [2.05, 4.69) is 10.6 Å². The third-order valence-corrected chi connectivity index (χ3v) is 5.28. The molecule has 1 aliphatic heterocycles. The Hall–Kier alpha value is -3.39. The van der Waals surface area contributed by atoms with Gasteiger partial charge in [-0.3, -0.25) is 14.4 Å². The molecule has 2 aromatic rings. The number of fused-ring (bicyclic) bond motifs is 1. The van der Waals surface area contributed by atoms with Crippen LogP contribution < -0.4 is 15.4 Å². The number of nitrogens with one attached hydrogen (secondary N) is 2. The average Bonchev–Trinajstić information content (AvgIpc) is 3.56. The van der Waals surface area contributed by atoms with Gasteiger partial charge in [-0.05, 0) is 36.6 Å². The monoisotopic (exact) mass is 423 g/mol. The number of methoxy groups -OCH3 is 1. The zero-order chi connectivity index (χ0) is 21.8. The van der Waals surface area contributed by atoms with Gasteiger partial charge in [0.15, 0.2) is 0 Å². The predicted molar refractivity (Wildman–Crippen MR) is 114 cm³/mol. The van der Waals surface area contributed by atoms with Crippen molar-refractivity contribution in [3.8, 4) is 5.75 Å². The van der Waals surface area contributed by atoms with E-state index in [9.17, 15) is 14.4 Å². The van der Waals surface area contributed by atoms with E-state index in [-0.39, 0.29) is 30.3 Å². The Morgan fingerprint density at radius 1 is 1.10 bits per heavy atom. The summed E-state index contributed by atoms with van der Waals surface area (Å²) in [6.45, 7) is 0.676. The number of hydrogen-bond donors (Lipinski definition) is 2. The van der Waals surface area contributed by atoms with Gasteiger partial charge in [0.25, 0.3) is 5.91 Å². The first kappa shape index (κ1) is 20.9. The van der Waals surface area contributed by atoms with Crippen molar-refractivity contribution in [3.05, 3.63) is 59.7 Å². The van der Waals surface area contributed by atoms with Crippen molar-refractivity contribution in [3.63, 3.8) is 0 Å². The van der Waals surface area contributed by atoms with Gasteiger partial charge >= 0.3 is 0 Å². The van der Waals surface area contributed by atoms with Crippen LogP contribution in [-0.4, -0.2) is 55.5 Å². The van der Waals surface area contributed by atoms with Crippen molar-refractivity contribution in [2.45, 2.75) is 24.9 Å². The predicted octanol–water partition coefficient (Wildman–Crippen LogP) is 2.13. The molecule has 0 radical (unpaired) electrons. The summed E-state index contributed by atoms with van der Waals surface area (Å²) >= 11 is 0. The van der Waals surface area contributed by atoms with Crippen molar-refractivity contribution in [1.82, 2.24) is 10.2 Å². The standard InChI is InChI=1S/C23H25N3O5/c1-30-11-12-31-17-6-4-5-15(13-17)25-20(27)14-24-22(28)21-18-7-2-3-8-19(18)23(29)26(21)16-9-10-16/h2-8,13,16,21H,9-12,14H2,1H3,(H,24,28)(H,25,27). The second kappa shape index (κ2) is 9.18. The molecular formula is C23H25N3O5. The number of rotatable bonds is 9. The van der Waals surface area contributed by atoms with Gasteiger partial charge < -0.3 is 25.0 Å². The second-order valence-corrected chi connectivity index (χ2v) is 7.57. The summed E-state index contributed by atoms with van der Waals surface area (Å²) in [5.41, 5.74) is 1.82. The number of nitrogens with zero attached hydrogens (tertiary/aromatic N) is 1. The van der Waals surface area contributed by atoms with Crippen LogP contribution in [0.15, 0.2) is 48.5 Å². The minimum Gasteiger partial charge on any atom is -0.491 e. The maximum Gasteiger partial charge on any atom is 0.255 e. The highest BCUT2D eigenvalue weighted by Crippen LogP contribution is 2.41. The fraction of sp³-hybridized carbons (Fsp3) is 0.348. The summed E-state index contributed by atoms with van der Waals surface area (Å²) in [7, 11) is 1.60. The van der Waals surface area contributed by atoms with E-state index in [0.717, 1.165) is 12.8 Å². The quantitative estimate of drug-likeness (QED) is 0.603. The third kappa shape index (κ3) is 4.69. The van der Waals surface area contributed by atoms with Crippen molar-refractivity contribution >= 4 is 23.4 Å². The summed E-state index contributed by atoms with van der Waals surface area (Å²) in [4.78, 5) is 39.7. The normalized spacial score (nSPS) is 17.3. The smallest absolute Gasteiger partial charge is 0.255 e. The lowest BCUT2D eigenvalue weighted by Gasteiger charge is -2.24. The Kier molecular flexibility index (Phi) is 6.18. The maximum absolute atomic E-state index is 12.9. The van der Waals surface area contributed by atoms with Gasteiger partial charge in [0.1, 0.15) is 18.4 Å². The fourth-order valence-corrected chi connectivity index (χ4v) is 3.71. The summed E-state index contributed by atoms with van der Waals surface area (Å²) in [5.74, 6) is -0.219. The van der Waals surface area contributed by atoms with Gasteiger partial charge in [-0.25, -0.2) is 0 Å². The second-order valence-electron chi connectivity index (χ2n) is 7.57. The molecule has 2 aliphatic rings. The van der Waals surface area contributed by atoms with Gasteiger partial charge in [-0.15, -0.1) is 0 Å². The molecule has 1 atom stereocenters. The highest BCUT2D eigenvalue weighted by molar-refractivity contribution is 6.05. The highest BCUT2D eigenvalue weighted by Gasteiger charge is 2.47. The average molecular weight is 423 g/mol. The van der Waals surface area contributed by atoms with E-state index in [0.29, 0.717) is 35.8 Å². The topological polar surface area (TPSA) is 97.0 Å². The maximum atomic E-state index is 12.9. The van der Waals surface area contributed by atoms with Gasteiger partial charge in [0.2, 0.25) is 11.8 Å². The fourth-order valence-electron chi connectivity index (χ4n) is 3.71. The van der Waals surface area contributed by atoms with Crippen LogP contribution in [0.25, 0.3) is 0 Å². The van der Waals surface area contributed by atoms with E-state index >= 15 is 0 Å². The van der Waals surface area contributed by atoms with Crippen LogP contribution in [-0.2, 0) is 14.3 Å². The number of carbonyl (C=O) groups excluding carboxylic acids is 3. The van der Waals surface area contributed by atoms with Gasteiger partial charge in [0, 0.05) is 30.5 Å². The molecule has 3 amide bonds. The molecule has 8 heteroatoms. The summed E-state index contributed by atoms with van der Waals surface area (Å²) in [6.07, 6.45) is 1.79. The number of amides is 3. The zero-order valence-corrected chi connectivity index (χ0v) is 17.3. The van der Waals surface area contributed by atoms with Crippen LogP contribution in [0.2, 0.25) is 0 Å². The summed E-state index contributed by atoms with van der Waals surface area (Å²) in [5, 5.41) is 5.43. The first-order valence-corrected chi connectivity index (χ1v) is 10.3. The Morgan fingerprint density at radius 3 is 2.68 bits per heavy atom. The van der Waals surface area contributed by atoms with E-state index in [4.69, 9.17) is 9.47 Å². The van der Waals surface area contributed by atoms with E-state index in [1.165, 1.54) is 0 Å². The molecule has 1 fully saturated rings. The summed E-state index contributed by atoms with van der Waals surface area (Å²) < 4.78 is 10.5. The molecule has 1 unspecified atom stereocenters. The lowest BCUT2D eigenvalue weighted by molar-refractivity contribution is -0.127. The number of carbonyl (C=O) groups is 3. The summed E-state index contributed by atoms with van der Waals surface area (Å²) in [6, 6.07) is 13.6. The van der Waals surface area contributed by atoms with Gasteiger partial charge in [-0.2, -0.15) is 0 Å². The molecule has 4 rings (SSSR count). The van der Waals surface area contributed by atoms with Gasteiger partial charge in [-0.1, -0.05) is 24.3 Å². The number of anilines is 1. The highest BCUT2D eigenvalue weighted by atomic mass is 16.5. The molecule has 1 aliphatic carbocycles. The Balaban J connectivity index is 1.36. The lowest BCUT2D eigenvalue weighted by atomic mass is 10.0. The lowest BCUT2D eigenvalue weighted by Crippen LogP contribution is -2.42. The van der Waals surface area contributed by atoms with Crippen LogP contribution in [0, 0.1) is 0 Å². The zero-order valence-electron chi connectivity index (χ0n) is 17.3. The Bertz CT molecular complexity index is 989. The molecule has 1 saturated carbocycles. The molecule has 0 bridgehead atoms. The van der Waals surface area contributed by atoms with Crippen molar-refractivity contribution < 1.29 is 23.9 Å². The van der Waals surface area contributed by atoms with E-state index in [1.807, 2.05) is 6.07 Å². The van der Waals surface area contributed by atoms with Crippen molar-refractivity contribution in [2.24, 2.45) is 0 Å². The van der Waals surface area contributed by atoms with Crippen LogP contribution in [0.1, 0.15) is 34.8 Å². The van der Waals surface area contributed by atoms with E-state index < -0.39 is 6.04 Å². The first-order chi connectivity index (χ1) is 15.1. The number of hydrogen-bond acceptors (Lipinski definition) is 5. The van der Waals surface area contributed by atoms with Crippen LogP contribution in [0.4, 0.5) is 5.69 Å². The van der Waals surface area contributed by atoms with Gasteiger partial charge in [0.05, 0.1) is 13.2 Å². The molecular weight excluding hydrogens is 398 g/mol. The Morgan fingerprint density at radius 2 is 1.90 bits per heavy atom. The van der Waals surface area contributed by atoms with Crippen molar-refractivity contribution in [2.75, 3.05) is 32.2 Å². The number of ether oxygens (including phenoxy) is 2. The van der Waals surface area contributed by atoms with Crippen LogP contribution >= 0.6 is 0 Å². The van der Waals surface area contributed by atoms with Crippen LogP contribution in [0.5, 0.6) is 5.75 Å². The van der Waals surface area contributed by atoms with Crippen LogP contribution in [0.3, 0.4) is 0 Å². The molecule has 8 nitrogen and oxygen atoms in total. The first-order valence-electron chi connectivity index (χ1n) is 10.3. The Labute approximate surface area is 180 Å². The molecule has 0 aromatic heterocycles. The molecule has 0 saturated heterocycles. The molecule has 2 aromatic carbocycles. The molecule has 162 valence electrons. The largest absolute Gasteiger partial charge is 0.491 e. The third-order valence-electron chi connectivity index (χ3n) is 5.28.